The van der Waals surface area contributed by atoms with Crippen LogP contribution in [0.1, 0.15) is 43.4 Å². The quantitative estimate of drug-likeness (QED) is 0.165. The lowest BCUT2D eigenvalue weighted by Crippen LogP contribution is -2.16. The zero-order valence-corrected chi connectivity index (χ0v) is 32.3. The number of benzene rings is 8. The lowest BCUT2D eigenvalue weighted by atomic mass is 9.82. The van der Waals surface area contributed by atoms with E-state index in [1.165, 1.54) is 82.8 Å². The van der Waals surface area contributed by atoms with E-state index >= 15 is 0 Å². The van der Waals surface area contributed by atoms with Gasteiger partial charge in [0.05, 0.1) is 16.7 Å². The van der Waals surface area contributed by atoms with Gasteiger partial charge >= 0.3 is 0 Å². The van der Waals surface area contributed by atoms with E-state index in [9.17, 15) is 0 Å². The number of hydrogen-bond acceptors (Lipinski definition) is 1. The fourth-order valence-corrected chi connectivity index (χ4v) is 9.64. The van der Waals surface area contributed by atoms with E-state index in [2.05, 4.69) is 217 Å². The molecule has 0 atom stereocenters. The molecule has 2 nitrogen and oxygen atoms in total. The molecule has 2 aliphatic carbocycles. The van der Waals surface area contributed by atoms with Crippen molar-refractivity contribution in [3.63, 3.8) is 0 Å². The van der Waals surface area contributed by atoms with Crippen LogP contribution >= 0.6 is 0 Å². The normalized spacial score (nSPS) is 14.2. The second-order valence-corrected chi connectivity index (χ2v) is 16.0. The second-order valence-electron chi connectivity index (χ2n) is 16.0. The Bertz CT molecular complexity index is 3100. The molecule has 9 aromatic rings. The van der Waals surface area contributed by atoms with Crippen molar-refractivity contribution in [2.45, 2.75) is 32.1 Å². The van der Waals surface area contributed by atoms with Crippen LogP contribution in [-0.4, -0.2) is 4.57 Å². The molecule has 1 heterocycles. The smallest absolute Gasteiger partial charge is 0.0541 e. The highest BCUT2D eigenvalue weighted by Crippen LogP contribution is 2.51. The maximum atomic E-state index is 2.48. The zero-order chi connectivity index (χ0) is 38.1. The minimum absolute atomic E-state index is 0.110. The number of fused-ring (bicyclic) bond motifs is 7. The monoisotopic (exact) mass is 730 g/mol. The molecule has 0 radical (unpaired) electrons. The summed E-state index contributed by atoms with van der Waals surface area (Å²) in [4.78, 5) is 2.48. The average molecular weight is 731 g/mol. The summed E-state index contributed by atoms with van der Waals surface area (Å²) in [7, 11) is 0. The Balaban J connectivity index is 1.11. The van der Waals surface area contributed by atoms with Gasteiger partial charge in [-0.25, -0.2) is 0 Å². The van der Waals surface area contributed by atoms with E-state index in [4.69, 9.17) is 0 Å². The average Bonchev–Trinajstić information content (AvgIpc) is 3.72. The summed E-state index contributed by atoms with van der Waals surface area (Å²) < 4.78 is 2.39. The van der Waals surface area contributed by atoms with Gasteiger partial charge in [-0.2, -0.15) is 0 Å². The molecule has 0 spiro atoms. The van der Waals surface area contributed by atoms with Crippen LogP contribution in [0.4, 0.5) is 17.1 Å². The molecule has 2 heteroatoms. The maximum absolute atomic E-state index is 2.48. The summed E-state index contributed by atoms with van der Waals surface area (Å²) in [6.45, 7) is 4.74. The van der Waals surface area contributed by atoms with Gasteiger partial charge in [-0.05, 0) is 123 Å². The fourth-order valence-electron chi connectivity index (χ4n) is 9.64. The first-order chi connectivity index (χ1) is 28.0. The largest absolute Gasteiger partial charge is 0.310 e. The SMILES string of the molecule is CC1(C)c2ccccc2-c2ccc(N(c3cccc(C4=CCCC=C4)c3)c3ccc(-c4ccc5c(c4)c4ccccc4n5-c4ccccc4)c4ccccc34)cc21. The summed E-state index contributed by atoms with van der Waals surface area (Å²) in [5, 5.41) is 4.96. The van der Waals surface area contributed by atoms with Crippen LogP contribution in [0, 0.1) is 0 Å². The van der Waals surface area contributed by atoms with E-state index in [1.54, 1.807) is 0 Å². The van der Waals surface area contributed by atoms with E-state index in [0.29, 0.717) is 0 Å². The maximum Gasteiger partial charge on any atom is 0.0541 e. The van der Waals surface area contributed by atoms with E-state index in [-0.39, 0.29) is 5.41 Å². The number of nitrogens with zero attached hydrogens (tertiary/aromatic N) is 2. The molecule has 0 fully saturated rings. The molecule has 0 saturated carbocycles. The first kappa shape index (κ1) is 33.4. The molecule has 272 valence electrons. The predicted octanol–water partition coefficient (Wildman–Crippen LogP) is 15.1. The highest BCUT2D eigenvalue weighted by molar-refractivity contribution is 6.12. The van der Waals surface area contributed by atoms with Gasteiger partial charge in [-0.1, -0.05) is 147 Å². The molecule has 0 aliphatic heterocycles. The van der Waals surface area contributed by atoms with E-state index in [0.717, 1.165) is 29.9 Å². The Kier molecular flexibility index (Phi) is 7.69. The molecule has 0 saturated heterocycles. The molecular weight excluding hydrogens is 689 g/mol. The van der Waals surface area contributed by atoms with Gasteiger partial charge in [0.15, 0.2) is 0 Å². The molecule has 0 unspecified atom stereocenters. The summed E-state index contributed by atoms with van der Waals surface area (Å²) in [6.07, 6.45) is 9.12. The van der Waals surface area contributed by atoms with Gasteiger partial charge in [-0.15, -0.1) is 0 Å². The molecule has 11 rings (SSSR count). The van der Waals surface area contributed by atoms with Crippen LogP contribution in [0.3, 0.4) is 0 Å². The van der Waals surface area contributed by atoms with Crippen LogP contribution in [0.2, 0.25) is 0 Å². The minimum atomic E-state index is -0.110. The highest BCUT2D eigenvalue weighted by atomic mass is 15.1. The number of aromatic nitrogens is 1. The van der Waals surface area contributed by atoms with Crippen LogP contribution in [0.25, 0.3) is 66.1 Å². The minimum Gasteiger partial charge on any atom is -0.310 e. The molecule has 0 amide bonds. The van der Waals surface area contributed by atoms with Gasteiger partial charge in [0.2, 0.25) is 0 Å². The first-order valence-electron chi connectivity index (χ1n) is 20.2. The molecule has 8 aromatic carbocycles. The van der Waals surface area contributed by atoms with Crippen molar-refractivity contribution in [3.8, 4) is 27.9 Å². The lowest BCUT2D eigenvalue weighted by Gasteiger charge is -2.30. The topological polar surface area (TPSA) is 8.17 Å². The van der Waals surface area contributed by atoms with Crippen molar-refractivity contribution in [2.24, 2.45) is 0 Å². The third kappa shape index (κ3) is 5.32. The number of hydrogen-bond donors (Lipinski definition) is 0. The lowest BCUT2D eigenvalue weighted by molar-refractivity contribution is 0.660. The van der Waals surface area contributed by atoms with Crippen molar-refractivity contribution in [1.29, 1.82) is 0 Å². The van der Waals surface area contributed by atoms with Gasteiger partial charge in [0.1, 0.15) is 0 Å². The van der Waals surface area contributed by atoms with Crippen LogP contribution in [0.15, 0.2) is 194 Å². The molecule has 57 heavy (non-hydrogen) atoms. The molecule has 1 aromatic heterocycles. The Morgan fingerprint density at radius 1 is 0.474 bits per heavy atom. The van der Waals surface area contributed by atoms with Crippen LogP contribution in [-0.2, 0) is 5.41 Å². The number of para-hydroxylation sites is 2. The summed E-state index contributed by atoms with van der Waals surface area (Å²) in [6, 6.07) is 65.2. The summed E-state index contributed by atoms with van der Waals surface area (Å²) >= 11 is 0. The number of anilines is 3. The number of rotatable bonds is 6. The Morgan fingerprint density at radius 3 is 2.05 bits per heavy atom. The van der Waals surface area contributed by atoms with Gasteiger partial charge in [0, 0.05) is 38.6 Å². The Hall–Kier alpha value is -6.90. The number of allylic oxidation sites excluding steroid dienone is 4. The zero-order valence-electron chi connectivity index (χ0n) is 32.3. The predicted molar refractivity (Wildman–Crippen MR) is 242 cm³/mol. The fraction of sp³-hybridized carbons (Fsp3) is 0.0909. The molecular formula is C55H42N2. The van der Waals surface area contributed by atoms with Gasteiger partial charge in [0.25, 0.3) is 0 Å². The van der Waals surface area contributed by atoms with Crippen molar-refractivity contribution < 1.29 is 0 Å². The highest BCUT2D eigenvalue weighted by Gasteiger charge is 2.36. The summed E-state index contributed by atoms with van der Waals surface area (Å²) in [5.41, 5.74) is 17.3. The van der Waals surface area contributed by atoms with Gasteiger partial charge < -0.3 is 9.47 Å². The van der Waals surface area contributed by atoms with Crippen LogP contribution in [0.5, 0.6) is 0 Å². The third-order valence-corrected chi connectivity index (χ3v) is 12.4. The van der Waals surface area contributed by atoms with Crippen LogP contribution < -0.4 is 4.90 Å². The Morgan fingerprint density at radius 2 is 1.19 bits per heavy atom. The first-order valence-corrected chi connectivity index (χ1v) is 20.2. The second kappa shape index (κ2) is 13.1. The standard InChI is InChI=1S/C55H42N2/c1-55(2)50-26-13-11-23-45(50)46-30-29-42(36-51(46)55)56(41-21-15-18-38(34-41)37-16-5-3-6-17-37)53-33-31-43(44-22-9-10-24-47(44)53)39-28-32-54-49(35-39)48-25-12-14-27-52(48)57(54)40-19-7-4-8-20-40/h4-5,7-36H,3,6H2,1-2H3. The van der Waals surface area contributed by atoms with Crippen molar-refractivity contribution in [2.75, 3.05) is 4.90 Å². The third-order valence-electron chi connectivity index (χ3n) is 12.4. The molecule has 2 aliphatic rings. The van der Waals surface area contributed by atoms with Crippen molar-refractivity contribution in [3.05, 3.63) is 211 Å². The molecule has 0 N–H and O–H groups in total. The van der Waals surface area contributed by atoms with Gasteiger partial charge in [-0.3, -0.25) is 0 Å². The van der Waals surface area contributed by atoms with E-state index in [1.807, 2.05) is 0 Å². The molecule has 0 bridgehead atoms. The Labute approximate surface area is 334 Å². The van der Waals surface area contributed by atoms with Crippen molar-refractivity contribution in [1.82, 2.24) is 4.57 Å². The van der Waals surface area contributed by atoms with Crippen molar-refractivity contribution >= 4 is 55.2 Å². The summed E-state index contributed by atoms with van der Waals surface area (Å²) in [5.74, 6) is 0. The van der Waals surface area contributed by atoms with E-state index < -0.39 is 0 Å².